The first-order valence-corrected chi connectivity index (χ1v) is 47.0. The van der Waals surface area contributed by atoms with E-state index in [0.29, 0.717) is 59.5 Å². The lowest BCUT2D eigenvalue weighted by Crippen LogP contribution is -2.08. The minimum absolute atomic E-state index is 0.581. The van der Waals surface area contributed by atoms with Crippen LogP contribution < -0.4 is 42.6 Å². The zero-order valence-electron chi connectivity index (χ0n) is 73.1. The number of ether oxygens (including phenoxy) is 9. The number of fused-ring (bicyclic) bond motifs is 3. The molecular formula is C108H138O9. The van der Waals surface area contributed by atoms with Crippen molar-refractivity contribution in [2.24, 2.45) is 0 Å². The molecule has 0 saturated heterocycles. The van der Waals surface area contributed by atoms with Gasteiger partial charge >= 0.3 is 0 Å². The molecule has 13 aromatic carbocycles. The Balaban J connectivity index is 1.16. The number of unbranched alkanes of at least 4 members (excludes halogenated alkanes) is 27. The van der Waals surface area contributed by atoms with E-state index in [2.05, 4.69) is 190 Å². The second-order valence-electron chi connectivity index (χ2n) is 33.6. The van der Waals surface area contributed by atoms with Crippen LogP contribution in [-0.4, -0.2) is 59.5 Å². The molecule has 117 heavy (non-hydrogen) atoms. The third-order valence-electron chi connectivity index (χ3n) is 24.3. The van der Waals surface area contributed by atoms with E-state index in [-0.39, 0.29) is 0 Å². The highest BCUT2D eigenvalue weighted by Crippen LogP contribution is 2.56. The van der Waals surface area contributed by atoms with Gasteiger partial charge < -0.3 is 42.6 Å². The van der Waals surface area contributed by atoms with Crippen LogP contribution in [0.4, 0.5) is 0 Å². The quantitative estimate of drug-likeness (QED) is 0.0273. The fraction of sp³-hybridized carbons (Fsp3) is 0.500. The SMILES string of the molecule is CCCCCCOc1c(OCCCCCC)c2ccc3cc4ccc5cc6c(OCCCCCC)c(OCCCCCC)c(OCCCCCC)c7ccc8cc(ccc9cc%10c(OCCCCCC)c(OCCCCCC)c(OCCCCCC)c%11ccc%12cc(ccc%13cc(c1OCCCCCC)c2c3c%13c4)cc9c%12c%11%10)cc5c8c76. The number of hydrogen-bond donors (Lipinski definition) is 0. The van der Waals surface area contributed by atoms with Gasteiger partial charge in [-0.15, -0.1) is 0 Å². The Bertz CT molecular complexity index is 4890. The second kappa shape index (κ2) is 44.3. The Morgan fingerprint density at radius 3 is 0.538 bits per heavy atom. The zero-order chi connectivity index (χ0) is 81.1. The van der Waals surface area contributed by atoms with Gasteiger partial charge in [-0.1, -0.05) is 290 Å². The van der Waals surface area contributed by atoms with Gasteiger partial charge in [-0.2, -0.15) is 0 Å². The third kappa shape index (κ3) is 20.6. The summed E-state index contributed by atoms with van der Waals surface area (Å²) in [5.41, 5.74) is 0. The van der Waals surface area contributed by atoms with Crippen molar-refractivity contribution in [3.05, 3.63) is 127 Å². The van der Waals surface area contributed by atoms with E-state index in [9.17, 15) is 0 Å². The smallest absolute Gasteiger partial charge is 0.204 e. The van der Waals surface area contributed by atoms with E-state index >= 15 is 0 Å². The summed E-state index contributed by atoms with van der Waals surface area (Å²) >= 11 is 0. The maximum atomic E-state index is 7.31. The van der Waals surface area contributed by atoms with Crippen molar-refractivity contribution in [2.75, 3.05) is 59.5 Å². The Kier molecular flexibility index (Phi) is 32.6. The van der Waals surface area contributed by atoms with Crippen LogP contribution in [0.15, 0.2) is 127 Å². The number of rotatable bonds is 54. The van der Waals surface area contributed by atoms with E-state index in [1.807, 2.05) is 0 Å². The van der Waals surface area contributed by atoms with Crippen LogP contribution >= 0.6 is 0 Å². The average molecular weight is 1580 g/mol. The molecule has 0 fully saturated rings. The molecule has 0 aliphatic carbocycles. The minimum Gasteiger partial charge on any atom is -0.489 e. The molecular weight excluding hydrogens is 1440 g/mol. The van der Waals surface area contributed by atoms with Gasteiger partial charge in [0.15, 0.2) is 34.5 Å². The molecule has 0 atom stereocenters. The van der Waals surface area contributed by atoms with Crippen LogP contribution in [0, 0.1) is 0 Å². The summed E-state index contributed by atoms with van der Waals surface area (Å²) in [6.45, 7) is 25.8. The summed E-state index contributed by atoms with van der Waals surface area (Å²) in [4.78, 5) is 0. The van der Waals surface area contributed by atoms with Crippen molar-refractivity contribution < 1.29 is 42.6 Å². The minimum atomic E-state index is 0.581. The summed E-state index contributed by atoms with van der Waals surface area (Å²) < 4.78 is 65.0. The summed E-state index contributed by atoms with van der Waals surface area (Å²) in [5, 5.41) is 26.9. The van der Waals surface area contributed by atoms with E-state index in [1.165, 1.54) is 54.7 Å². The van der Waals surface area contributed by atoms with Crippen molar-refractivity contribution in [3.63, 3.8) is 0 Å². The van der Waals surface area contributed by atoms with E-state index in [4.69, 9.17) is 42.6 Å². The summed E-state index contributed by atoms with van der Waals surface area (Å²) in [7, 11) is 0. The molecule has 0 aliphatic rings. The van der Waals surface area contributed by atoms with Crippen molar-refractivity contribution >= 4 is 129 Å². The molecule has 0 radical (unpaired) electrons. The van der Waals surface area contributed by atoms with E-state index in [1.54, 1.807) is 0 Å². The normalized spacial score (nSPS) is 12.0. The first-order valence-electron chi connectivity index (χ1n) is 47.0. The maximum absolute atomic E-state index is 7.31. The lowest BCUT2D eigenvalue weighted by Gasteiger charge is -2.23. The van der Waals surface area contributed by atoms with E-state index < -0.39 is 0 Å². The van der Waals surface area contributed by atoms with Gasteiger partial charge in [0.05, 0.1) is 59.5 Å². The fourth-order valence-corrected chi connectivity index (χ4v) is 17.9. The van der Waals surface area contributed by atoms with Crippen LogP contribution in [0.25, 0.3) is 129 Å². The Morgan fingerprint density at radius 2 is 0.333 bits per heavy atom. The van der Waals surface area contributed by atoms with Gasteiger partial charge in [0, 0.05) is 48.5 Å². The maximum Gasteiger partial charge on any atom is 0.204 e. The molecule has 0 spiro atoms. The molecule has 6 bridgehead atoms. The van der Waals surface area contributed by atoms with Crippen LogP contribution in [0.2, 0.25) is 0 Å². The van der Waals surface area contributed by atoms with Crippen molar-refractivity contribution in [2.45, 2.75) is 293 Å². The van der Waals surface area contributed by atoms with Gasteiger partial charge in [0.2, 0.25) is 17.2 Å². The monoisotopic (exact) mass is 1580 g/mol. The summed E-state index contributed by atoms with van der Waals surface area (Å²) in [5.74, 6) is 6.93. The lowest BCUT2D eigenvalue weighted by atomic mass is 9.89. The molecule has 13 aromatic rings. The Hall–Kier alpha value is -8.82. The van der Waals surface area contributed by atoms with Gasteiger partial charge in [-0.3, -0.25) is 0 Å². The van der Waals surface area contributed by atoms with Crippen LogP contribution in [-0.2, 0) is 0 Å². The predicted molar refractivity (Wildman–Crippen MR) is 503 cm³/mol. The standard InChI is InChI=1S/C108H138O9/c1-10-19-28-37-58-109-100-85-55-52-82-67-76-47-50-80-74-92-98-87(102(111-60-39-30-21-12-3)107(116-65-44-35-26-17-8)104(92)113-62-41-32-23-14-5)57-54-84-69-78(72-90(80)96(84)98)48-51-81-75-93-99-86(101(110-59-38-29-20-11-2)108(117-66-45-36-27-18-9)105(93)114-63-42-33-24-15-6)56-53-83-68-77(71-89(81)95(83)99)46-49-79-73-91(97(85)94(82)88(79)70-76)103(112-61-40-31-22-13-4)106(100)115-64-43-34-25-16-7/h46-57,67-75H,10-45,58-66H2,1-9H3. The molecule has 0 heterocycles. The first kappa shape index (κ1) is 86.0. The summed E-state index contributed by atoms with van der Waals surface area (Å²) in [6.07, 6.45) is 39.5. The molecule has 0 saturated carbocycles. The molecule has 0 aliphatic heterocycles. The highest BCUT2D eigenvalue weighted by molar-refractivity contribution is 6.34. The molecule has 0 amide bonds. The number of benzene rings is 12. The topological polar surface area (TPSA) is 83.1 Å². The second-order valence-corrected chi connectivity index (χ2v) is 33.6. The van der Waals surface area contributed by atoms with Crippen molar-refractivity contribution in [1.29, 1.82) is 0 Å². The molecule has 0 N–H and O–H groups in total. The van der Waals surface area contributed by atoms with Gasteiger partial charge in [0.25, 0.3) is 0 Å². The first-order chi connectivity index (χ1) is 57.8. The van der Waals surface area contributed by atoms with Gasteiger partial charge in [-0.05, 0) is 211 Å². The van der Waals surface area contributed by atoms with Crippen LogP contribution in [0.3, 0.4) is 0 Å². The molecule has 0 unspecified atom stereocenters. The lowest BCUT2D eigenvalue weighted by molar-refractivity contribution is 0.238. The fourth-order valence-electron chi connectivity index (χ4n) is 17.9. The van der Waals surface area contributed by atoms with Gasteiger partial charge in [-0.25, -0.2) is 0 Å². The highest BCUT2D eigenvalue weighted by atomic mass is 16.6. The van der Waals surface area contributed by atoms with E-state index in [0.717, 1.165) is 357 Å². The zero-order valence-corrected chi connectivity index (χ0v) is 73.1. The van der Waals surface area contributed by atoms with Crippen molar-refractivity contribution in [3.8, 4) is 51.7 Å². The molecule has 13 rings (SSSR count). The van der Waals surface area contributed by atoms with Crippen molar-refractivity contribution in [1.82, 2.24) is 0 Å². The van der Waals surface area contributed by atoms with Crippen LogP contribution in [0.5, 0.6) is 51.7 Å². The molecule has 9 heteroatoms. The average Bonchev–Trinajstić information content (AvgIpc) is 0.722. The molecule has 624 valence electrons. The third-order valence-corrected chi connectivity index (χ3v) is 24.3. The molecule has 9 nitrogen and oxygen atoms in total. The number of hydrogen-bond acceptors (Lipinski definition) is 9. The molecule has 0 aromatic heterocycles. The van der Waals surface area contributed by atoms with Gasteiger partial charge in [0.1, 0.15) is 0 Å². The Morgan fingerprint density at radius 1 is 0.145 bits per heavy atom. The highest BCUT2D eigenvalue weighted by Gasteiger charge is 2.30. The largest absolute Gasteiger partial charge is 0.489 e. The van der Waals surface area contributed by atoms with Crippen LogP contribution in [0.1, 0.15) is 293 Å². The summed E-state index contributed by atoms with van der Waals surface area (Å²) in [6, 6.07) is 49.9. The predicted octanol–water partition coefficient (Wildman–Crippen LogP) is 33.2. The Labute approximate surface area is 699 Å².